The van der Waals surface area contributed by atoms with Crippen LogP contribution in [0.25, 0.3) is 0 Å². The summed E-state index contributed by atoms with van der Waals surface area (Å²) >= 11 is 3.37. The van der Waals surface area contributed by atoms with E-state index in [0.29, 0.717) is 11.9 Å². The molecule has 0 bridgehead atoms. The van der Waals surface area contributed by atoms with E-state index in [1.807, 2.05) is 13.0 Å². The van der Waals surface area contributed by atoms with Crippen molar-refractivity contribution < 1.29 is 13.9 Å². The van der Waals surface area contributed by atoms with Crippen molar-refractivity contribution in [3.05, 3.63) is 35.6 Å². The van der Waals surface area contributed by atoms with E-state index in [0.717, 1.165) is 5.56 Å². The number of benzene rings is 1. The van der Waals surface area contributed by atoms with Gasteiger partial charge in [0.15, 0.2) is 0 Å². The fourth-order valence-corrected chi connectivity index (χ4v) is 1.99. The number of ether oxygens (including phenoxy) is 2. The van der Waals surface area contributed by atoms with Crippen LogP contribution in [0.3, 0.4) is 0 Å². The Hall–Kier alpha value is -0.450. The minimum atomic E-state index is -0.244. The summed E-state index contributed by atoms with van der Waals surface area (Å²) in [4.78, 5) is 0. The summed E-state index contributed by atoms with van der Waals surface area (Å²) in [6.45, 7) is 2.46. The molecule has 0 aliphatic heterocycles. The third kappa shape index (κ3) is 4.20. The molecule has 0 fully saturated rings. The molecule has 0 radical (unpaired) electrons. The summed E-state index contributed by atoms with van der Waals surface area (Å²) in [6.07, 6.45) is -0.170. The maximum Gasteiger partial charge on any atom is 0.123 e. The summed E-state index contributed by atoms with van der Waals surface area (Å²) in [5, 5.41) is 0.629. The second-order valence-electron chi connectivity index (χ2n) is 3.60. The quantitative estimate of drug-likeness (QED) is 0.749. The van der Waals surface area contributed by atoms with Crippen LogP contribution in [-0.4, -0.2) is 25.2 Å². The summed E-state index contributed by atoms with van der Waals surface area (Å²) < 4.78 is 23.8. The van der Waals surface area contributed by atoms with E-state index >= 15 is 0 Å². The van der Waals surface area contributed by atoms with Gasteiger partial charge in [0.2, 0.25) is 0 Å². The van der Waals surface area contributed by atoms with Crippen LogP contribution >= 0.6 is 15.9 Å². The van der Waals surface area contributed by atoms with Crippen LogP contribution in [-0.2, 0) is 9.47 Å². The highest BCUT2D eigenvalue weighted by Crippen LogP contribution is 2.22. The molecule has 0 amide bonds. The van der Waals surface area contributed by atoms with Gasteiger partial charge in [0.05, 0.1) is 18.8 Å². The molecule has 4 heteroatoms. The summed E-state index contributed by atoms with van der Waals surface area (Å²) in [6, 6.07) is 6.46. The van der Waals surface area contributed by atoms with Crippen LogP contribution in [0.5, 0.6) is 0 Å². The number of halogens is 2. The first kappa shape index (κ1) is 13.6. The third-order valence-corrected chi connectivity index (χ3v) is 2.75. The lowest BCUT2D eigenvalue weighted by atomic mass is 10.1. The first-order valence-corrected chi connectivity index (χ1v) is 6.25. The molecule has 0 N–H and O–H groups in total. The SMILES string of the molecule is COCC(C)OC(CBr)c1cccc(F)c1. The lowest BCUT2D eigenvalue weighted by Crippen LogP contribution is -2.19. The number of hydrogen-bond donors (Lipinski definition) is 0. The molecule has 90 valence electrons. The van der Waals surface area contributed by atoms with Crippen molar-refractivity contribution in [3.63, 3.8) is 0 Å². The molecule has 0 spiro atoms. The molecule has 0 aliphatic rings. The number of rotatable bonds is 6. The van der Waals surface area contributed by atoms with E-state index in [1.54, 1.807) is 13.2 Å². The highest BCUT2D eigenvalue weighted by atomic mass is 79.9. The smallest absolute Gasteiger partial charge is 0.123 e. The van der Waals surface area contributed by atoms with E-state index in [1.165, 1.54) is 12.1 Å². The maximum atomic E-state index is 13.1. The van der Waals surface area contributed by atoms with Gasteiger partial charge in [-0.3, -0.25) is 0 Å². The van der Waals surface area contributed by atoms with Gasteiger partial charge in [0.25, 0.3) is 0 Å². The van der Waals surface area contributed by atoms with Gasteiger partial charge in [-0.05, 0) is 24.6 Å². The van der Waals surface area contributed by atoms with E-state index in [9.17, 15) is 4.39 Å². The predicted octanol–water partition coefficient (Wildman–Crippen LogP) is 3.31. The molecule has 0 saturated heterocycles. The number of alkyl halides is 1. The molecule has 2 atom stereocenters. The van der Waals surface area contributed by atoms with Crippen LogP contribution < -0.4 is 0 Å². The minimum absolute atomic E-state index is 0.0178. The molecular formula is C12H16BrFO2. The molecule has 0 aliphatic carbocycles. The Kier molecular flexibility index (Phi) is 5.95. The monoisotopic (exact) mass is 290 g/mol. The van der Waals surface area contributed by atoms with Crippen LogP contribution in [0.2, 0.25) is 0 Å². The van der Waals surface area contributed by atoms with Gasteiger partial charge in [-0.25, -0.2) is 4.39 Å². The largest absolute Gasteiger partial charge is 0.382 e. The molecular weight excluding hydrogens is 275 g/mol. The normalized spacial score (nSPS) is 14.8. The zero-order valence-electron chi connectivity index (χ0n) is 9.45. The molecule has 16 heavy (non-hydrogen) atoms. The van der Waals surface area contributed by atoms with Crippen molar-refractivity contribution in [2.45, 2.75) is 19.1 Å². The molecule has 1 rings (SSSR count). The fourth-order valence-electron chi connectivity index (χ4n) is 1.47. The Morgan fingerprint density at radius 2 is 2.19 bits per heavy atom. The number of methoxy groups -OCH3 is 1. The van der Waals surface area contributed by atoms with Crippen LogP contribution in [0.15, 0.2) is 24.3 Å². The topological polar surface area (TPSA) is 18.5 Å². The Morgan fingerprint density at radius 3 is 2.75 bits per heavy atom. The first-order chi connectivity index (χ1) is 7.67. The van der Waals surface area contributed by atoms with Gasteiger partial charge in [-0.1, -0.05) is 28.1 Å². The van der Waals surface area contributed by atoms with E-state index in [2.05, 4.69) is 15.9 Å². The lowest BCUT2D eigenvalue weighted by molar-refractivity contribution is -0.0299. The zero-order valence-corrected chi connectivity index (χ0v) is 11.0. The van der Waals surface area contributed by atoms with Crippen molar-refractivity contribution in [3.8, 4) is 0 Å². The summed E-state index contributed by atoms with van der Waals surface area (Å²) in [5.74, 6) is -0.244. The van der Waals surface area contributed by atoms with Crippen LogP contribution in [0.4, 0.5) is 4.39 Å². The number of hydrogen-bond acceptors (Lipinski definition) is 2. The molecule has 1 aromatic rings. The Bertz CT molecular complexity index is 320. The molecule has 0 saturated carbocycles. The second-order valence-corrected chi connectivity index (χ2v) is 4.25. The Balaban J connectivity index is 2.67. The Labute approximate surface area is 104 Å². The average molecular weight is 291 g/mol. The van der Waals surface area contributed by atoms with Gasteiger partial charge in [-0.2, -0.15) is 0 Å². The van der Waals surface area contributed by atoms with Crippen molar-refractivity contribution >= 4 is 15.9 Å². The van der Waals surface area contributed by atoms with Gasteiger partial charge >= 0.3 is 0 Å². The standard InChI is InChI=1S/C12H16BrFO2/c1-9(8-15-2)16-12(7-13)10-4-3-5-11(14)6-10/h3-6,9,12H,7-8H2,1-2H3. The lowest BCUT2D eigenvalue weighted by Gasteiger charge is -2.20. The molecule has 2 nitrogen and oxygen atoms in total. The van der Waals surface area contributed by atoms with Crippen molar-refractivity contribution in [2.75, 3.05) is 19.0 Å². The molecule has 0 heterocycles. The van der Waals surface area contributed by atoms with Gasteiger partial charge in [0, 0.05) is 12.4 Å². The maximum absolute atomic E-state index is 13.1. The van der Waals surface area contributed by atoms with Gasteiger partial charge < -0.3 is 9.47 Å². The van der Waals surface area contributed by atoms with Crippen LogP contribution in [0, 0.1) is 5.82 Å². The van der Waals surface area contributed by atoms with Gasteiger partial charge in [0.1, 0.15) is 5.82 Å². The third-order valence-electron chi connectivity index (χ3n) is 2.16. The predicted molar refractivity (Wildman–Crippen MR) is 65.4 cm³/mol. The van der Waals surface area contributed by atoms with E-state index < -0.39 is 0 Å². The molecule has 1 aromatic carbocycles. The highest BCUT2D eigenvalue weighted by Gasteiger charge is 2.14. The van der Waals surface area contributed by atoms with Crippen molar-refractivity contribution in [1.29, 1.82) is 0 Å². The Morgan fingerprint density at radius 1 is 1.44 bits per heavy atom. The second kappa shape index (κ2) is 6.99. The van der Waals surface area contributed by atoms with Gasteiger partial charge in [-0.15, -0.1) is 0 Å². The average Bonchev–Trinajstić information content (AvgIpc) is 2.26. The van der Waals surface area contributed by atoms with Crippen LogP contribution in [0.1, 0.15) is 18.6 Å². The minimum Gasteiger partial charge on any atom is -0.382 e. The molecule has 0 aromatic heterocycles. The van der Waals surface area contributed by atoms with E-state index in [4.69, 9.17) is 9.47 Å². The summed E-state index contributed by atoms with van der Waals surface area (Å²) in [7, 11) is 1.63. The fraction of sp³-hybridized carbons (Fsp3) is 0.500. The summed E-state index contributed by atoms with van der Waals surface area (Å²) in [5.41, 5.74) is 0.833. The molecule has 2 unspecified atom stereocenters. The van der Waals surface area contributed by atoms with Crippen molar-refractivity contribution in [2.24, 2.45) is 0 Å². The first-order valence-electron chi connectivity index (χ1n) is 5.13. The zero-order chi connectivity index (χ0) is 12.0. The van der Waals surface area contributed by atoms with E-state index in [-0.39, 0.29) is 18.0 Å². The van der Waals surface area contributed by atoms with Crippen molar-refractivity contribution in [1.82, 2.24) is 0 Å². The highest BCUT2D eigenvalue weighted by molar-refractivity contribution is 9.09.